The molecule has 1 aromatic carbocycles. The van der Waals surface area contributed by atoms with Crippen LogP contribution >= 0.6 is 0 Å². The van der Waals surface area contributed by atoms with E-state index >= 15 is 0 Å². The molecule has 6 heteroatoms. The van der Waals surface area contributed by atoms with Crippen LogP contribution in [0.5, 0.6) is 0 Å². The maximum absolute atomic E-state index is 10.5. The Morgan fingerprint density at radius 1 is 1.19 bits per heavy atom. The lowest BCUT2D eigenvalue weighted by Crippen LogP contribution is -2.34. The topological polar surface area (TPSA) is 67.3 Å². The van der Waals surface area contributed by atoms with Crippen molar-refractivity contribution in [3.8, 4) is 0 Å². The van der Waals surface area contributed by atoms with Crippen molar-refractivity contribution >= 4 is 0 Å². The number of piperidine rings is 1. The second-order valence-corrected chi connectivity index (χ2v) is 7.40. The van der Waals surface area contributed by atoms with E-state index in [1.807, 2.05) is 48.1 Å². The Morgan fingerprint density at radius 2 is 1.93 bits per heavy atom. The monoisotopic (exact) mass is 366 g/mol. The van der Waals surface area contributed by atoms with Crippen molar-refractivity contribution < 1.29 is 9.52 Å². The summed E-state index contributed by atoms with van der Waals surface area (Å²) in [6.07, 6.45) is 3.19. The van der Waals surface area contributed by atoms with Gasteiger partial charge in [-0.15, -0.1) is 5.10 Å². The van der Waals surface area contributed by atoms with Gasteiger partial charge in [0, 0.05) is 13.1 Å². The third kappa shape index (κ3) is 3.96. The fourth-order valence-electron chi connectivity index (χ4n) is 3.69. The van der Waals surface area contributed by atoms with E-state index in [2.05, 4.69) is 28.2 Å². The molecule has 1 N–H and O–H groups in total. The maximum atomic E-state index is 10.5. The fraction of sp³-hybridized carbons (Fsp3) is 0.429. The molecule has 0 amide bonds. The molecule has 1 aliphatic rings. The highest BCUT2D eigenvalue weighted by molar-refractivity contribution is 5.23. The van der Waals surface area contributed by atoms with Gasteiger partial charge in [-0.2, -0.15) is 0 Å². The van der Waals surface area contributed by atoms with Gasteiger partial charge in [0.05, 0.1) is 18.8 Å². The number of furan rings is 1. The molecular formula is C21H26N4O2. The van der Waals surface area contributed by atoms with Gasteiger partial charge in [-0.25, -0.2) is 4.68 Å². The van der Waals surface area contributed by atoms with Crippen LogP contribution < -0.4 is 0 Å². The molecule has 3 heterocycles. The Kier molecular flexibility index (Phi) is 5.09. The van der Waals surface area contributed by atoms with E-state index in [1.54, 1.807) is 0 Å². The second kappa shape index (κ2) is 7.66. The van der Waals surface area contributed by atoms with E-state index in [-0.39, 0.29) is 0 Å². The molecule has 0 spiro atoms. The van der Waals surface area contributed by atoms with Gasteiger partial charge >= 0.3 is 0 Å². The van der Waals surface area contributed by atoms with Crippen molar-refractivity contribution in [1.82, 2.24) is 19.9 Å². The Morgan fingerprint density at radius 3 is 2.59 bits per heavy atom. The zero-order valence-corrected chi connectivity index (χ0v) is 15.9. The predicted molar refractivity (Wildman–Crippen MR) is 102 cm³/mol. The lowest BCUT2D eigenvalue weighted by Gasteiger charge is -2.31. The number of likely N-dealkylation sites (tertiary alicyclic amines) is 1. The Balaban J connectivity index is 1.35. The van der Waals surface area contributed by atoms with Crippen LogP contribution in [0.3, 0.4) is 0 Å². The smallest absolute Gasteiger partial charge is 0.124 e. The third-order valence-electron chi connectivity index (χ3n) is 5.45. The summed E-state index contributed by atoms with van der Waals surface area (Å²) < 4.78 is 7.72. The van der Waals surface area contributed by atoms with E-state index in [1.165, 1.54) is 5.56 Å². The average Bonchev–Trinajstić information content (AvgIpc) is 3.30. The molecule has 1 saturated heterocycles. The van der Waals surface area contributed by atoms with Crippen LogP contribution in [-0.2, 0) is 6.54 Å². The summed E-state index contributed by atoms with van der Waals surface area (Å²) in [5.41, 5.74) is 2.65. The molecule has 4 rings (SSSR count). The Hall–Kier alpha value is -2.44. The van der Waals surface area contributed by atoms with Crippen LogP contribution in [0.15, 0.2) is 47.0 Å². The highest BCUT2D eigenvalue weighted by atomic mass is 16.3. The van der Waals surface area contributed by atoms with Crippen LogP contribution in [-0.4, -0.2) is 38.1 Å². The summed E-state index contributed by atoms with van der Waals surface area (Å²) in [7, 11) is 0. The van der Waals surface area contributed by atoms with Gasteiger partial charge in [-0.3, -0.25) is 4.90 Å². The van der Waals surface area contributed by atoms with E-state index in [9.17, 15) is 5.11 Å². The predicted octanol–water partition coefficient (Wildman–Crippen LogP) is 3.41. The summed E-state index contributed by atoms with van der Waals surface area (Å²) in [6.45, 7) is 6.95. The minimum absolute atomic E-state index is 0.325. The largest absolute Gasteiger partial charge is 0.465 e. The molecule has 0 aliphatic carbocycles. The van der Waals surface area contributed by atoms with E-state index in [0.29, 0.717) is 11.7 Å². The van der Waals surface area contributed by atoms with Crippen molar-refractivity contribution in [2.24, 2.45) is 0 Å². The lowest BCUT2D eigenvalue weighted by atomic mass is 10.0. The van der Waals surface area contributed by atoms with Crippen molar-refractivity contribution in [2.75, 3.05) is 13.1 Å². The quantitative estimate of drug-likeness (QED) is 0.749. The van der Waals surface area contributed by atoms with Crippen LogP contribution in [0.2, 0.25) is 0 Å². The highest BCUT2D eigenvalue weighted by Crippen LogP contribution is 2.26. The summed E-state index contributed by atoms with van der Waals surface area (Å²) in [4.78, 5) is 2.42. The number of nitrogens with zero attached hydrogens (tertiary/aromatic N) is 4. The van der Waals surface area contributed by atoms with Gasteiger partial charge < -0.3 is 9.52 Å². The first-order valence-corrected chi connectivity index (χ1v) is 9.53. The molecule has 6 nitrogen and oxygen atoms in total. The lowest BCUT2D eigenvalue weighted by molar-refractivity contribution is 0.161. The van der Waals surface area contributed by atoms with Gasteiger partial charge in [0.1, 0.15) is 23.3 Å². The summed E-state index contributed by atoms with van der Waals surface area (Å²) >= 11 is 0. The number of aromatic nitrogens is 3. The standard InChI is InChI=1S/C21H26N4O2/c1-15-12-19(27-16(15)2)13-24-10-8-18(9-11-24)25-14-20(22-23-25)21(26)17-6-4-3-5-7-17/h3-7,12,14,18,21,26H,8-11,13H2,1-2H3. The second-order valence-electron chi connectivity index (χ2n) is 7.40. The molecule has 0 radical (unpaired) electrons. The molecule has 2 aromatic heterocycles. The molecule has 3 aromatic rings. The van der Waals surface area contributed by atoms with Gasteiger partial charge in [0.15, 0.2) is 0 Å². The number of aliphatic hydroxyl groups is 1. The van der Waals surface area contributed by atoms with Crippen molar-refractivity contribution in [3.63, 3.8) is 0 Å². The summed E-state index contributed by atoms with van der Waals surface area (Å²) in [5.74, 6) is 2.05. The summed E-state index contributed by atoms with van der Waals surface area (Å²) in [6, 6.07) is 12.0. The normalized spacial score (nSPS) is 17.3. The van der Waals surface area contributed by atoms with Crippen LogP contribution in [0.1, 0.15) is 53.3 Å². The summed E-state index contributed by atoms with van der Waals surface area (Å²) in [5, 5.41) is 19.0. The van der Waals surface area contributed by atoms with E-state index < -0.39 is 6.10 Å². The van der Waals surface area contributed by atoms with Gasteiger partial charge in [0.25, 0.3) is 0 Å². The Bertz CT molecular complexity index is 859. The zero-order chi connectivity index (χ0) is 18.8. The van der Waals surface area contributed by atoms with E-state index in [0.717, 1.165) is 49.6 Å². The fourth-order valence-corrected chi connectivity index (χ4v) is 3.69. The maximum Gasteiger partial charge on any atom is 0.124 e. The molecule has 1 aliphatic heterocycles. The first kappa shape index (κ1) is 17.9. The number of rotatable bonds is 5. The first-order valence-electron chi connectivity index (χ1n) is 9.53. The molecular weight excluding hydrogens is 340 g/mol. The van der Waals surface area contributed by atoms with Gasteiger partial charge in [-0.1, -0.05) is 35.5 Å². The molecule has 1 unspecified atom stereocenters. The molecule has 0 saturated carbocycles. The molecule has 142 valence electrons. The number of hydrogen-bond acceptors (Lipinski definition) is 5. The third-order valence-corrected chi connectivity index (χ3v) is 5.45. The van der Waals surface area contributed by atoms with Crippen LogP contribution in [0, 0.1) is 13.8 Å². The zero-order valence-electron chi connectivity index (χ0n) is 15.9. The Labute approximate surface area is 159 Å². The van der Waals surface area contributed by atoms with Crippen molar-refractivity contribution in [1.29, 1.82) is 0 Å². The molecule has 1 atom stereocenters. The SMILES string of the molecule is Cc1cc(CN2CCC(n3cc(C(O)c4ccccc4)nn3)CC2)oc1C. The minimum atomic E-state index is -0.731. The minimum Gasteiger partial charge on any atom is -0.465 e. The van der Waals surface area contributed by atoms with Crippen LogP contribution in [0.4, 0.5) is 0 Å². The molecule has 0 bridgehead atoms. The number of hydrogen-bond donors (Lipinski definition) is 1. The van der Waals surface area contributed by atoms with Crippen molar-refractivity contribution in [3.05, 3.63) is 70.9 Å². The average molecular weight is 366 g/mol. The molecule has 27 heavy (non-hydrogen) atoms. The van der Waals surface area contributed by atoms with E-state index in [4.69, 9.17) is 4.42 Å². The van der Waals surface area contributed by atoms with Crippen LogP contribution in [0.25, 0.3) is 0 Å². The van der Waals surface area contributed by atoms with Crippen molar-refractivity contribution in [2.45, 2.75) is 45.4 Å². The number of aryl methyl sites for hydroxylation is 2. The number of aliphatic hydroxyl groups excluding tert-OH is 1. The number of benzene rings is 1. The highest BCUT2D eigenvalue weighted by Gasteiger charge is 2.24. The van der Waals surface area contributed by atoms with Gasteiger partial charge in [0.2, 0.25) is 0 Å². The van der Waals surface area contributed by atoms with Gasteiger partial charge in [-0.05, 0) is 43.9 Å². The molecule has 1 fully saturated rings. The first-order chi connectivity index (χ1) is 13.1.